The Kier molecular flexibility index (Phi) is 3.23. The Morgan fingerprint density at radius 2 is 1.90 bits per heavy atom. The number of nitrogen functional groups attached to an aromatic ring is 1. The van der Waals surface area contributed by atoms with Crippen LogP contribution in [0.2, 0.25) is 0 Å². The second-order valence-electron chi connectivity index (χ2n) is 4.81. The molecule has 0 aromatic heterocycles. The van der Waals surface area contributed by atoms with Crippen molar-refractivity contribution in [2.75, 3.05) is 17.7 Å². The van der Waals surface area contributed by atoms with Gasteiger partial charge in [-0.2, -0.15) is 0 Å². The largest absolute Gasteiger partial charge is 0.491 e. The summed E-state index contributed by atoms with van der Waals surface area (Å²) in [6.45, 7) is 0.457. The van der Waals surface area contributed by atoms with Crippen LogP contribution in [0.1, 0.15) is 11.6 Å². The Balaban J connectivity index is 1.94. The molecule has 0 spiro atoms. The first-order valence-electron chi connectivity index (χ1n) is 6.36. The number of para-hydroxylation sites is 2. The van der Waals surface area contributed by atoms with Gasteiger partial charge in [0.15, 0.2) is 0 Å². The average Bonchev–Trinajstić information content (AvgIpc) is 2.83. The van der Waals surface area contributed by atoms with E-state index in [2.05, 4.69) is 5.32 Å². The van der Waals surface area contributed by atoms with Gasteiger partial charge in [-0.15, -0.1) is 0 Å². The van der Waals surface area contributed by atoms with E-state index < -0.39 is 10.0 Å². The molecule has 2 aromatic rings. The molecule has 0 bridgehead atoms. The summed E-state index contributed by atoms with van der Waals surface area (Å²) < 4.78 is 28.5. The summed E-state index contributed by atoms with van der Waals surface area (Å²) in [4.78, 5) is -0.0836. The number of nitrogens with one attached hydrogen (secondary N) is 1. The zero-order valence-corrected chi connectivity index (χ0v) is 11.9. The van der Waals surface area contributed by atoms with Crippen LogP contribution in [0, 0.1) is 0 Å². The fourth-order valence-corrected chi connectivity index (χ4v) is 3.07. The fraction of sp³-hybridized carbons (Fsp3) is 0.143. The third-order valence-corrected chi connectivity index (χ3v) is 4.37. The normalized spacial score (nSPS) is 17.1. The lowest BCUT2D eigenvalue weighted by Crippen LogP contribution is -2.17. The van der Waals surface area contributed by atoms with Crippen LogP contribution in [-0.2, 0) is 10.0 Å². The van der Waals surface area contributed by atoms with Crippen molar-refractivity contribution < 1.29 is 13.2 Å². The van der Waals surface area contributed by atoms with Crippen molar-refractivity contribution in [1.82, 2.24) is 0 Å². The molecule has 0 amide bonds. The van der Waals surface area contributed by atoms with Crippen molar-refractivity contribution in [3.05, 3.63) is 48.0 Å². The fourth-order valence-electron chi connectivity index (χ4n) is 2.39. The van der Waals surface area contributed by atoms with Crippen molar-refractivity contribution in [3.63, 3.8) is 0 Å². The van der Waals surface area contributed by atoms with E-state index in [4.69, 9.17) is 15.6 Å². The maximum Gasteiger partial charge on any atom is 0.240 e. The lowest BCUT2D eigenvalue weighted by atomic mass is 10.1. The molecule has 1 heterocycles. The van der Waals surface area contributed by atoms with Crippen LogP contribution >= 0.6 is 0 Å². The van der Waals surface area contributed by atoms with E-state index in [9.17, 15) is 8.42 Å². The topological polar surface area (TPSA) is 107 Å². The number of fused-ring (bicyclic) bond motifs is 1. The average molecular weight is 305 g/mol. The molecule has 21 heavy (non-hydrogen) atoms. The minimum absolute atomic E-state index is 0.0836. The van der Waals surface area contributed by atoms with E-state index in [1.165, 1.54) is 6.07 Å². The maximum atomic E-state index is 11.5. The highest BCUT2D eigenvalue weighted by molar-refractivity contribution is 7.89. The number of sulfonamides is 1. The molecule has 1 atom stereocenters. The van der Waals surface area contributed by atoms with Crippen LogP contribution < -0.4 is 20.9 Å². The van der Waals surface area contributed by atoms with E-state index >= 15 is 0 Å². The molecule has 1 aliphatic heterocycles. The third-order valence-electron chi connectivity index (χ3n) is 3.40. The van der Waals surface area contributed by atoms with Gasteiger partial charge in [0.25, 0.3) is 0 Å². The number of primary sulfonamides is 1. The molecule has 0 radical (unpaired) electrons. The molecule has 0 aliphatic carbocycles. The molecule has 1 aliphatic rings. The Bertz CT molecular complexity index is 790. The van der Waals surface area contributed by atoms with Gasteiger partial charge in [-0.25, -0.2) is 13.6 Å². The number of rotatable bonds is 3. The van der Waals surface area contributed by atoms with E-state index in [-0.39, 0.29) is 16.6 Å². The van der Waals surface area contributed by atoms with Crippen molar-refractivity contribution in [2.45, 2.75) is 10.9 Å². The second kappa shape index (κ2) is 4.94. The van der Waals surface area contributed by atoms with Gasteiger partial charge in [0.1, 0.15) is 17.3 Å². The monoisotopic (exact) mass is 305 g/mol. The van der Waals surface area contributed by atoms with Crippen molar-refractivity contribution in [1.29, 1.82) is 0 Å². The van der Waals surface area contributed by atoms with E-state index in [1.807, 2.05) is 24.3 Å². The highest BCUT2D eigenvalue weighted by Crippen LogP contribution is 2.36. The molecule has 0 fully saturated rings. The second-order valence-corrected chi connectivity index (χ2v) is 6.34. The Morgan fingerprint density at radius 3 is 2.67 bits per heavy atom. The quantitative estimate of drug-likeness (QED) is 0.744. The molecule has 0 saturated carbocycles. The lowest BCUT2D eigenvalue weighted by Gasteiger charge is -2.16. The molecule has 7 heteroatoms. The highest BCUT2D eigenvalue weighted by atomic mass is 32.2. The Morgan fingerprint density at radius 1 is 1.14 bits per heavy atom. The lowest BCUT2D eigenvalue weighted by molar-refractivity contribution is 0.340. The molecule has 110 valence electrons. The van der Waals surface area contributed by atoms with Crippen LogP contribution in [0.15, 0.2) is 47.4 Å². The third kappa shape index (κ3) is 2.53. The summed E-state index contributed by atoms with van der Waals surface area (Å²) in [5, 5.41) is 8.36. The van der Waals surface area contributed by atoms with Crippen LogP contribution in [0.3, 0.4) is 0 Å². The van der Waals surface area contributed by atoms with Gasteiger partial charge in [0, 0.05) is 5.56 Å². The van der Waals surface area contributed by atoms with Gasteiger partial charge in [-0.05, 0) is 18.2 Å². The molecule has 5 N–H and O–H groups in total. The predicted molar refractivity (Wildman–Crippen MR) is 80.5 cm³/mol. The Hall–Kier alpha value is -2.25. The van der Waals surface area contributed by atoms with Gasteiger partial charge < -0.3 is 15.8 Å². The standard InChI is InChI=1S/C14H15N3O3S/c15-14-10(5-3-7-13(14)21(16,18)19)17-11-8-20-12-6-2-1-4-9(11)12/h1-7,11,17H,8,15H2,(H2,16,18,19). The first kappa shape index (κ1) is 13.7. The van der Waals surface area contributed by atoms with Crippen LogP contribution in [0.4, 0.5) is 11.4 Å². The molecule has 0 saturated heterocycles. The summed E-state index contributed by atoms with van der Waals surface area (Å²) in [5.74, 6) is 0.816. The SMILES string of the molecule is Nc1c(NC2COc3ccccc32)cccc1S(N)(=O)=O. The summed E-state index contributed by atoms with van der Waals surface area (Å²) in [7, 11) is -3.85. The number of anilines is 2. The van der Waals surface area contributed by atoms with Gasteiger partial charge in [0.2, 0.25) is 10.0 Å². The number of hydrogen-bond acceptors (Lipinski definition) is 5. The van der Waals surface area contributed by atoms with Crippen LogP contribution in [0.5, 0.6) is 5.75 Å². The summed E-state index contributed by atoms with van der Waals surface area (Å²) >= 11 is 0. The van der Waals surface area contributed by atoms with E-state index in [0.29, 0.717) is 12.3 Å². The van der Waals surface area contributed by atoms with Gasteiger partial charge >= 0.3 is 0 Å². The number of ether oxygens (including phenoxy) is 1. The Labute approximate surface area is 122 Å². The predicted octanol–water partition coefficient (Wildman–Crippen LogP) is 1.46. The molecular weight excluding hydrogens is 290 g/mol. The van der Waals surface area contributed by atoms with Crippen molar-refractivity contribution in [3.8, 4) is 5.75 Å². The first-order valence-corrected chi connectivity index (χ1v) is 7.91. The molecule has 2 aromatic carbocycles. The van der Waals surface area contributed by atoms with E-state index in [0.717, 1.165) is 11.3 Å². The highest BCUT2D eigenvalue weighted by Gasteiger charge is 2.24. The van der Waals surface area contributed by atoms with E-state index in [1.54, 1.807) is 12.1 Å². The van der Waals surface area contributed by atoms with Crippen LogP contribution in [-0.4, -0.2) is 15.0 Å². The van der Waals surface area contributed by atoms with Crippen molar-refractivity contribution in [2.24, 2.45) is 5.14 Å². The maximum absolute atomic E-state index is 11.5. The smallest absolute Gasteiger partial charge is 0.240 e. The zero-order chi connectivity index (χ0) is 15.0. The molecule has 6 nitrogen and oxygen atoms in total. The number of hydrogen-bond donors (Lipinski definition) is 3. The minimum Gasteiger partial charge on any atom is -0.491 e. The molecular formula is C14H15N3O3S. The summed E-state index contributed by atoms with van der Waals surface area (Å²) in [6, 6.07) is 12.3. The van der Waals surface area contributed by atoms with Gasteiger partial charge in [0.05, 0.1) is 17.4 Å². The molecule has 3 rings (SSSR count). The summed E-state index contributed by atoms with van der Waals surface area (Å²) in [6.07, 6.45) is 0. The van der Waals surface area contributed by atoms with Gasteiger partial charge in [-0.3, -0.25) is 0 Å². The number of benzene rings is 2. The summed E-state index contributed by atoms with van der Waals surface area (Å²) in [5.41, 5.74) is 7.55. The first-order chi connectivity index (χ1) is 9.97. The minimum atomic E-state index is -3.85. The number of nitrogens with two attached hydrogens (primary N) is 2. The van der Waals surface area contributed by atoms with Crippen LogP contribution in [0.25, 0.3) is 0 Å². The van der Waals surface area contributed by atoms with Crippen molar-refractivity contribution >= 4 is 21.4 Å². The molecule has 1 unspecified atom stereocenters. The zero-order valence-electron chi connectivity index (χ0n) is 11.1. The van der Waals surface area contributed by atoms with Gasteiger partial charge in [-0.1, -0.05) is 24.3 Å².